The zero-order valence-corrected chi connectivity index (χ0v) is 12.5. The highest BCUT2D eigenvalue weighted by molar-refractivity contribution is 9.10. The number of para-hydroxylation sites is 1. The van der Waals surface area contributed by atoms with Crippen LogP contribution in [-0.4, -0.2) is 10.9 Å². The van der Waals surface area contributed by atoms with Crippen LogP contribution in [0.1, 0.15) is 32.6 Å². The van der Waals surface area contributed by atoms with Gasteiger partial charge in [0.15, 0.2) is 0 Å². The van der Waals surface area contributed by atoms with Crippen molar-refractivity contribution in [3.63, 3.8) is 0 Å². The number of nitrogens with zero attached hydrogens (tertiary/aromatic N) is 1. The fourth-order valence-corrected chi connectivity index (χ4v) is 2.33. The van der Waals surface area contributed by atoms with Crippen molar-refractivity contribution >= 4 is 38.4 Å². The van der Waals surface area contributed by atoms with Gasteiger partial charge in [-0.2, -0.15) is 0 Å². The molecular formula is C15H17BrN2O. The number of halogens is 1. The second-order valence-electron chi connectivity index (χ2n) is 4.54. The van der Waals surface area contributed by atoms with Crippen molar-refractivity contribution in [1.29, 1.82) is 0 Å². The quantitative estimate of drug-likeness (QED) is 0.823. The van der Waals surface area contributed by atoms with Crippen LogP contribution in [0.15, 0.2) is 34.9 Å². The predicted octanol–water partition coefficient (Wildman–Crippen LogP) is 4.52. The first kappa shape index (κ1) is 14.0. The van der Waals surface area contributed by atoms with Crippen LogP contribution < -0.4 is 5.32 Å². The molecule has 0 aliphatic heterocycles. The van der Waals surface area contributed by atoms with Gasteiger partial charge in [-0.3, -0.25) is 9.78 Å². The van der Waals surface area contributed by atoms with E-state index in [2.05, 4.69) is 33.2 Å². The summed E-state index contributed by atoms with van der Waals surface area (Å²) in [5.41, 5.74) is 1.61. The number of rotatable bonds is 5. The summed E-state index contributed by atoms with van der Waals surface area (Å²) in [7, 11) is 0. The normalized spacial score (nSPS) is 10.6. The molecule has 0 radical (unpaired) electrons. The monoisotopic (exact) mass is 320 g/mol. The molecule has 1 heterocycles. The molecule has 2 aromatic rings. The molecule has 3 nitrogen and oxygen atoms in total. The maximum atomic E-state index is 11.8. The molecule has 1 aromatic heterocycles. The second-order valence-corrected chi connectivity index (χ2v) is 5.45. The molecule has 0 aliphatic carbocycles. The number of hydrogen-bond acceptors (Lipinski definition) is 2. The number of anilines is 1. The molecule has 0 saturated heterocycles. The molecule has 0 fully saturated rings. The number of carbonyl (C=O) groups excluding carboxylic acids is 1. The third-order valence-electron chi connectivity index (χ3n) is 2.96. The van der Waals surface area contributed by atoms with E-state index in [9.17, 15) is 4.79 Å². The summed E-state index contributed by atoms with van der Waals surface area (Å²) < 4.78 is 0.937. The number of amides is 1. The minimum Gasteiger partial charge on any atom is -0.324 e. The van der Waals surface area contributed by atoms with Crippen LogP contribution >= 0.6 is 15.9 Å². The molecule has 0 bridgehead atoms. The van der Waals surface area contributed by atoms with Crippen molar-refractivity contribution < 1.29 is 4.79 Å². The van der Waals surface area contributed by atoms with E-state index in [-0.39, 0.29) is 5.91 Å². The van der Waals surface area contributed by atoms with Gasteiger partial charge in [-0.05, 0) is 34.5 Å². The molecule has 4 heteroatoms. The second kappa shape index (κ2) is 6.66. The summed E-state index contributed by atoms with van der Waals surface area (Å²) in [6.45, 7) is 2.13. The van der Waals surface area contributed by atoms with Gasteiger partial charge in [0.25, 0.3) is 0 Å². The van der Waals surface area contributed by atoms with Crippen LogP contribution in [-0.2, 0) is 4.79 Å². The zero-order valence-electron chi connectivity index (χ0n) is 10.9. The van der Waals surface area contributed by atoms with Crippen molar-refractivity contribution in [3.8, 4) is 0 Å². The average molecular weight is 321 g/mol. The van der Waals surface area contributed by atoms with Gasteiger partial charge >= 0.3 is 0 Å². The Morgan fingerprint density at radius 1 is 1.37 bits per heavy atom. The third-order valence-corrected chi connectivity index (χ3v) is 3.39. The van der Waals surface area contributed by atoms with Crippen LogP contribution in [0.3, 0.4) is 0 Å². The topological polar surface area (TPSA) is 42.0 Å². The Hall–Kier alpha value is -1.42. The number of fused-ring (bicyclic) bond motifs is 1. The number of aromatic nitrogens is 1. The fraction of sp³-hybridized carbons (Fsp3) is 0.333. The van der Waals surface area contributed by atoms with E-state index in [0.717, 1.165) is 40.3 Å². The molecule has 0 unspecified atom stereocenters. The lowest BCUT2D eigenvalue weighted by Crippen LogP contribution is -2.11. The first-order chi connectivity index (χ1) is 9.20. The molecule has 0 saturated carbocycles. The number of hydrogen-bond donors (Lipinski definition) is 1. The Kier molecular flexibility index (Phi) is 4.91. The van der Waals surface area contributed by atoms with E-state index < -0.39 is 0 Å². The number of benzene rings is 1. The maximum Gasteiger partial charge on any atom is 0.224 e. The standard InChI is InChI=1S/C15H17BrN2O/c1-2-3-4-8-14(19)18-13-7-5-6-11-9-12(16)10-17-15(11)13/h5-7,9-10H,2-4,8H2,1H3,(H,18,19). The fourth-order valence-electron chi connectivity index (χ4n) is 1.98. The van der Waals surface area contributed by atoms with Crippen molar-refractivity contribution in [2.75, 3.05) is 5.32 Å². The smallest absolute Gasteiger partial charge is 0.224 e. The van der Waals surface area contributed by atoms with E-state index in [1.807, 2.05) is 24.3 Å². The van der Waals surface area contributed by atoms with Gasteiger partial charge in [-0.1, -0.05) is 31.9 Å². The van der Waals surface area contributed by atoms with Gasteiger partial charge in [0, 0.05) is 22.5 Å². The zero-order chi connectivity index (χ0) is 13.7. The van der Waals surface area contributed by atoms with Crippen LogP contribution in [0, 0.1) is 0 Å². The largest absolute Gasteiger partial charge is 0.324 e. The highest BCUT2D eigenvalue weighted by Gasteiger charge is 2.06. The molecule has 0 aliphatic rings. The van der Waals surface area contributed by atoms with Gasteiger partial charge in [0.2, 0.25) is 5.91 Å². The van der Waals surface area contributed by atoms with Crippen molar-refractivity contribution in [1.82, 2.24) is 4.98 Å². The third kappa shape index (κ3) is 3.77. The van der Waals surface area contributed by atoms with Crippen molar-refractivity contribution in [2.24, 2.45) is 0 Å². The average Bonchev–Trinajstić information content (AvgIpc) is 2.39. The summed E-state index contributed by atoms with van der Waals surface area (Å²) in [5, 5.41) is 3.96. The molecule has 1 amide bonds. The summed E-state index contributed by atoms with van der Waals surface area (Å²) in [6, 6.07) is 7.80. The van der Waals surface area contributed by atoms with Gasteiger partial charge in [0.05, 0.1) is 11.2 Å². The Balaban J connectivity index is 2.14. The molecule has 19 heavy (non-hydrogen) atoms. The number of nitrogens with one attached hydrogen (secondary N) is 1. The molecule has 1 N–H and O–H groups in total. The number of pyridine rings is 1. The Bertz CT molecular complexity index is 583. The molecular weight excluding hydrogens is 304 g/mol. The minimum atomic E-state index is 0.0608. The minimum absolute atomic E-state index is 0.0608. The first-order valence-electron chi connectivity index (χ1n) is 6.55. The van der Waals surface area contributed by atoms with Crippen LogP contribution in [0.5, 0.6) is 0 Å². The summed E-state index contributed by atoms with van der Waals surface area (Å²) in [5.74, 6) is 0.0608. The van der Waals surface area contributed by atoms with E-state index in [1.54, 1.807) is 6.20 Å². The molecule has 2 rings (SSSR count). The molecule has 0 atom stereocenters. The Morgan fingerprint density at radius 2 is 2.21 bits per heavy atom. The van der Waals surface area contributed by atoms with Gasteiger partial charge in [-0.15, -0.1) is 0 Å². The molecule has 100 valence electrons. The maximum absolute atomic E-state index is 11.8. The van der Waals surface area contributed by atoms with E-state index in [0.29, 0.717) is 6.42 Å². The van der Waals surface area contributed by atoms with Crippen LogP contribution in [0.25, 0.3) is 10.9 Å². The lowest BCUT2D eigenvalue weighted by atomic mass is 10.1. The highest BCUT2D eigenvalue weighted by Crippen LogP contribution is 2.24. The van der Waals surface area contributed by atoms with E-state index >= 15 is 0 Å². The summed E-state index contributed by atoms with van der Waals surface area (Å²) in [6.07, 6.45) is 5.47. The van der Waals surface area contributed by atoms with E-state index in [4.69, 9.17) is 0 Å². The SMILES string of the molecule is CCCCCC(=O)Nc1cccc2cc(Br)cnc12. The summed E-state index contributed by atoms with van der Waals surface area (Å²) >= 11 is 3.40. The highest BCUT2D eigenvalue weighted by atomic mass is 79.9. The lowest BCUT2D eigenvalue weighted by Gasteiger charge is -2.08. The Labute approximate surface area is 121 Å². The Morgan fingerprint density at radius 3 is 3.00 bits per heavy atom. The van der Waals surface area contributed by atoms with Crippen molar-refractivity contribution in [2.45, 2.75) is 32.6 Å². The molecule has 1 aromatic carbocycles. The predicted molar refractivity (Wildman–Crippen MR) is 82.2 cm³/mol. The van der Waals surface area contributed by atoms with Gasteiger partial charge in [0.1, 0.15) is 0 Å². The van der Waals surface area contributed by atoms with Crippen LogP contribution in [0.2, 0.25) is 0 Å². The number of unbranched alkanes of at least 4 members (excludes halogenated alkanes) is 2. The first-order valence-corrected chi connectivity index (χ1v) is 7.34. The number of carbonyl (C=O) groups is 1. The van der Waals surface area contributed by atoms with E-state index in [1.165, 1.54) is 0 Å². The summed E-state index contributed by atoms with van der Waals surface area (Å²) in [4.78, 5) is 16.2. The molecule has 0 spiro atoms. The van der Waals surface area contributed by atoms with Gasteiger partial charge in [-0.25, -0.2) is 0 Å². The van der Waals surface area contributed by atoms with Crippen molar-refractivity contribution in [3.05, 3.63) is 34.9 Å². The van der Waals surface area contributed by atoms with Gasteiger partial charge < -0.3 is 5.32 Å². The van der Waals surface area contributed by atoms with Crippen LogP contribution in [0.4, 0.5) is 5.69 Å². The lowest BCUT2D eigenvalue weighted by molar-refractivity contribution is -0.116.